The number of halogens is 2. The Labute approximate surface area is 181 Å². The average molecular weight is 447 g/mol. The van der Waals surface area contributed by atoms with Gasteiger partial charge in [0.2, 0.25) is 5.91 Å². The zero-order valence-electron chi connectivity index (χ0n) is 17.1. The van der Waals surface area contributed by atoms with E-state index >= 15 is 0 Å². The number of carbonyl (C=O) groups excluding carboxylic acids is 4. The van der Waals surface area contributed by atoms with Gasteiger partial charge >= 0.3 is 18.6 Å². The number of esters is 1. The predicted molar refractivity (Wildman–Crippen MR) is 107 cm³/mol. The van der Waals surface area contributed by atoms with Crippen molar-refractivity contribution >= 4 is 29.5 Å². The van der Waals surface area contributed by atoms with Gasteiger partial charge in [-0.25, -0.2) is 9.59 Å². The van der Waals surface area contributed by atoms with Crippen LogP contribution < -0.4 is 15.4 Å². The van der Waals surface area contributed by atoms with E-state index in [9.17, 15) is 28.0 Å². The normalized spacial score (nSPS) is 17.8. The van der Waals surface area contributed by atoms with E-state index in [0.29, 0.717) is 5.56 Å². The predicted octanol–water partition coefficient (Wildman–Crippen LogP) is 2.48. The molecule has 3 rings (SSSR count). The van der Waals surface area contributed by atoms with Crippen molar-refractivity contribution in [1.82, 2.24) is 10.2 Å². The summed E-state index contributed by atoms with van der Waals surface area (Å²) in [6.45, 7) is -2.18. The minimum absolute atomic E-state index is 0.107. The summed E-state index contributed by atoms with van der Waals surface area (Å²) in [6, 6.07) is 10.5. The fourth-order valence-electron chi connectivity index (χ4n) is 3.22. The monoisotopic (exact) mass is 447 g/mol. The number of nitrogens with one attached hydrogen (secondary N) is 2. The first-order chi connectivity index (χ1) is 15.2. The fraction of sp³-hybridized carbons (Fsp3) is 0.238. The number of carbonyl (C=O) groups is 4. The van der Waals surface area contributed by atoms with E-state index in [-0.39, 0.29) is 17.0 Å². The van der Waals surface area contributed by atoms with E-state index in [1.54, 1.807) is 12.1 Å². The van der Waals surface area contributed by atoms with Crippen LogP contribution in [0.3, 0.4) is 0 Å². The Morgan fingerprint density at radius 2 is 1.78 bits per heavy atom. The van der Waals surface area contributed by atoms with Gasteiger partial charge in [0.25, 0.3) is 5.91 Å². The molecule has 2 aromatic rings. The molecule has 0 aromatic heterocycles. The lowest BCUT2D eigenvalue weighted by Gasteiger charge is -2.22. The lowest BCUT2D eigenvalue weighted by Crippen LogP contribution is -2.42. The number of rotatable bonds is 7. The fourth-order valence-corrected chi connectivity index (χ4v) is 3.22. The van der Waals surface area contributed by atoms with Gasteiger partial charge in [-0.1, -0.05) is 24.3 Å². The van der Waals surface area contributed by atoms with Crippen LogP contribution in [-0.4, -0.2) is 49.0 Å². The zero-order chi connectivity index (χ0) is 23.5. The molecule has 0 aliphatic carbocycles. The molecule has 0 spiro atoms. The molecule has 1 aliphatic heterocycles. The first-order valence-corrected chi connectivity index (χ1v) is 9.32. The second-order valence-electron chi connectivity index (χ2n) is 6.93. The van der Waals surface area contributed by atoms with Gasteiger partial charge in [-0.15, -0.1) is 0 Å². The SMILES string of the molecule is COC(=O)c1ccccc1NC(=O)CN1C(=O)N[C@](C)(c2ccc(OC(F)F)cc2)C1=O. The Hall–Kier alpha value is -4.02. The molecule has 1 atom stereocenters. The van der Waals surface area contributed by atoms with Crippen molar-refractivity contribution in [3.05, 3.63) is 59.7 Å². The van der Waals surface area contributed by atoms with Crippen molar-refractivity contribution in [1.29, 1.82) is 0 Å². The summed E-state index contributed by atoms with van der Waals surface area (Å²) >= 11 is 0. The molecule has 9 nitrogen and oxygen atoms in total. The molecule has 0 unspecified atom stereocenters. The molecule has 2 aromatic carbocycles. The minimum atomic E-state index is -3.00. The van der Waals surface area contributed by atoms with Crippen LogP contribution in [0, 0.1) is 0 Å². The number of hydrogen-bond acceptors (Lipinski definition) is 6. The van der Waals surface area contributed by atoms with E-state index < -0.39 is 42.5 Å². The van der Waals surface area contributed by atoms with Crippen LogP contribution in [0.15, 0.2) is 48.5 Å². The quantitative estimate of drug-likeness (QED) is 0.498. The van der Waals surface area contributed by atoms with Gasteiger partial charge in [-0.05, 0) is 36.8 Å². The van der Waals surface area contributed by atoms with Gasteiger partial charge in [0, 0.05) is 0 Å². The number of nitrogens with zero attached hydrogens (tertiary/aromatic N) is 1. The van der Waals surface area contributed by atoms with E-state index in [0.717, 1.165) is 4.90 Å². The molecular weight excluding hydrogens is 428 g/mol. The van der Waals surface area contributed by atoms with Crippen LogP contribution >= 0.6 is 0 Å². The molecule has 0 saturated carbocycles. The molecule has 4 amide bonds. The highest BCUT2D eigenvalue weighted by molar-refractivity contribution is 6.10. The molecule has 1 aliphatic rings. The van der Waals surface area contributed by atoms with Crippen LogP contribution in [0.2, 0.25) is 0 Å². The van der Waals surface area contributed by atoms with Gasteiger partial charge in [-0.3, -0.25) is 14.5 Å². The number of urea groups is 1. The minimum Gasteiger partial charge on any atom is -0.465 e. The van der Waals surface area contributed by atoms with E-state index in [1.165, 1.54) is 50.4 Å². The number of ether oxygens (including phenoxy) is 2. The summed E-state index contributed by atoms with van der Waals surface area (Å²) in [5.74, 6) is -2.19. The second kappa shape index (κ2) is 9.00. The number of hydrogen-bond donors (Lipinski definition) is 2. The third-order valence-electron chi connectivity index (χ3n) is 4.84. The number of methoxy groups -OCH3 is 1. The number of para-hydroxylation sites is 1. The maximum absolute atomic E-state index is 12.9. The Morgan fingerprint density at radius 3 is 2.41 bits per heavy atom. The Bertz CT molecular complexity index is 1060. The third-order valence-corrected chi connectivity index (χ3v) is 4.84. The maximum Gasteiger partial charge on any atom is 0.387 e. The summed E-state index contributed by atoms with van der Waals surface area (Å²) in [7, 11) is 1.20. The van der Waals surface area contributed by atoms with Crippen molar-refractivity contribution in [2.24, 2.45) is 0 Å². The summed E-state index contributed by atoms with van der Waals surface area (Å²) < 4.78 is 33.6. The molecule has 0 bridgehead atoms. The molecule has 1 fully saturated rings. The van der Waals surface area contributed by atoms with Crippen molar-refractivity contribution < 1.29 is 37.4 Å². The van der Waals surface area contributed by atoms with Crippen molar-refractivity contribution in [3.8, 4) is 5.75 Å². The van der Waals surface area contributed by atoms with E-state index in [1.807, 2.05) is 0 Å². The van der Waals surface area contributed by atoms with Crippen molar-refractivity contribution in [3.63, 3.8) is 0 Å². The largest absolute Gasteiger partial charge is 0.465 e. The summed E-state index contributed by atoms with van der Waals surface area (Å²) in [5.41, 5.74) is -0.924. The van der Waals surface area contributed by atoms with Crippen LogP contribution in [0.1, 0.15) is 22.8 Å². The van der Waals surface area contributed by atoms with Crippen LogP contribution in [0.25, 0.3) is 0 Å². The second-order valence-corrected chi connectivity index (χ2v) is 6.93. The molecule has 32 heavy (non-hydrogen) atoms. The number of anilines is 1. The highest BCUT2D eigenvalue weighted by Gasteiger charge is 2.49. The first kappa shape index (κ1) is 22.7. The Morgan fingerprint density at radius 1 is 1.12 bits per heavy atom. The third kappa shape index (κ3) is 4.51. The van der Waals surface area contributed by atoms with Crippen molar-refractivity contribution in [2.75, 3.05) is 19.0 Å². The summed E-state index contributed by atoms with van der Waals surface area (Å²) in [4.78, 5) is 50.4. The number of alkyl halides is 2. The smallest absolute Gasteiger partial charge is 0.387 e. The van der Waals surface area contributed by atoms with Gasteiger partial charge in [-0.2, -0.15) is 8.78 Å². The first-order valence-electron chi connectivity index (χ1n) is 9.32. The molecule has 1 saturated heterocycles. The molecule has 2 N–H and O–H groups in total. The standard InChI is InChI=1S/C21H19F2N3O6/c1-21(12-7-9-13(10-8-12)32-19(22)23)18(29)26(20(30)25-21)11-16(27)24-15-6-4-3-5-14(15)17(28)31-2/h3-10,19H,11H2,1-2H3,(H,24,27)(H,25,30)/t21-/m1/s1. The van der Waals surface area contributed by atoms with E-state index in [4.69, 9.17) is 0 Å². The number of imide groups is 1. The van der Waals surface area contributed by atoms with Gasteiger partial charge in [0.15, 0.2) is 0 Å². The molecular formula is C21H19F2N3O6. The summed E-state index contributed by atoms with van der Waals surface area (Å²) in [5, 5.41) is 4.99. The number of benzene rings is 2. The highest BCUT2D eigenvalue weighted by Crippen LogP contribution is 2.30. The maximum atomic E-state index is 12.9. The average Bonchev–Trinajstić information content (AvgIpc) is 2.97. The van der Waals surface area contributed by atoms with Gasteiger partial charge in [0.05, 0.1) is 18.4 Å². The topological polar surface area (TPSA) is 114 Å². The summed E-state index contributed by atoms with van der Waals surface area (Å²) in [6.07, 6.45) is 0. The molecule has 11 heteroatoms. The lowest BCUT2D eigenvalue weighted by molar-refractivity contribution is -0.133. The van der Waals surface area contributed by atoms with Crippen LogP contribution in [0.4, 0.5) is 19.3 Å². The van der Waals surface area contributed by atoms with Crippen LogP contribution in [0.5, 0.6) is 5.75 Å². The molecule has 0 radical (unpaired) electrons. The number of amides is 4. The molecule has 1 heterocycles. The van der Waals surface area contributed by atoms with Crippen LogP contribution in [-0.2, 0) is 19.9 Å². The van der Waals surface area contributed by atoms with Gasteiger partial charge < -0.3 is 20.1 Å². The highest BCUT2D eigenvalue weighted by atomic mass is 19.3. The van der Waals surface area contributed by atoms with Gasteiger partial charge in [0.1, 0.15) is 17.8 Å². The van der Waals surface area contributed by atoms with E-state index in [2.05, 4.69) is 20.1 Å². The zero-order valence-corrected chi connectivity index (χ0v) is 17.1. The Kier molecular flexibility index (Phi) is 6.37. The van der Waals surface area contributed by atoms with Crippen molar-refractivity contribution in [2.45, 2.75) is 19.1 Å². The lowest BCUT2D eigenvalue weighted by atomic mass is 9.92. The Balaban J connectivity index is 1.74. The molecule has 168 valence electrons.